The van der Waals surface area contributed by atoms with Crippen molar-refractivity contribution in [2.45, 2.75) is 66.0 Å². The molecule has 0 saturated heterocycles. The molecule has 0 fully saturated rings. The van der Waals surface area contributed by atoms with E-state index < -0.39 is 0 Å². The molecule has 4 heteroatoms. The van der Waals surface area contributed by atoms with Crippen molar-refractivity contribution in [3.05, 3.63) is 11.9 Å². The average molecular weight is 266 g/mol. The highest BCUT2D eigenvalue weighted by Crippen LogP contribution is 2.35. The third kappa shape index (κ3) is 3.78. The molecule has 0 amide bonds. The Hall–Kier alpha value is -0.900. The van der Waals surface area contributed by atoms with E-state index in [4.69, 9.17) is 0 Å². The minimum Gasteiger partial charge on any atom is -0.286 e. The summed E-state index contributed by atoms with van der Waals surface area (Å²) in [5, 5.41) is 8.74. The van der Waals surface area contributed by atoms with Crippen LogP contribution in [0.3, 0.4) is 0 Å². The van der Waals surface area contributed by atoms with Gasteiger partial charge in [-0.05, 0) is 39.8 Å². The van der Waals surface area contributed by atoms with Gasteiger partial charge in [-0.15, -0.1) is 5.10 Å². The predicted octanol–water partition coefficient (Wildman–Crippen LogP) is 3.25. The van der Waals surface area contributed by atoms with E-state index in [0.717, 1.165) is 12.1 Å². The second kappa shape index (κ2) is 4.89. The summed E-state index contributed by atoms with van der Waals surface area (Å²) in [7, 11) is 4.11. The zero-order valence-corrected chi connectivity index (χ0v) is 14.1. The minimum absolute atomic E-state index is 0.0406. The molecule has 1 rings (SSSR count). The smallest absolute Gasteiger partial charge is 0.110 e. The van der Waals surface area contributed by atoms with Crippen LogP contribution >= 0.6 is 0 Å². The van der Waals surface area contributed by atoms with E-state index in [1.54, 1.807) is 0 Å². The lowest BCUT2D eigenvalue weighted by molar-refractivity contribution is 0.0924. The lowest BCUT2D eigenvalue weighted by Gasteiger charge is -2.33. The monoisotopic (exact) mass is 266 g/mol. The predicted molar refractivity (Wildman–Crippen MR) is 80.1 cm³/mol. The molecule has 0 unspecified atom stereocenters. The highest BCUT2D eigenvalue weighted by Gasteiger charge is 2.32. The molecule has 0 bridgehead atoms. The lowest BCUT2D eigenvalue weighted by atomic mass is 9.74. The van der Waals surface area contributed by atoms with Gasteiger partial charge in [0, 0.05) is 5.41 Å². The summed E-state index contributed by atoms with van der Waals surface area (Å²) in [5.41, 5.74) is 1.23. The first kappa shape index (κ1) is 16.2. The van der Waals surface area contributed by atoms with Gasteiger partial charge in [0.2, 0.25) is 0 Å². The van der Waals surface area contributed by atoms with E-state index in [0.29, 0.717) is 0 Å². The van der Waals surface area contributed by atoms with Gasteiger partial charge >= 0.3 is 0 Å². The Morgan fingerprint density at radius 1 is 1.05 bits per heavy atom. The van der Waals surface area contributed by atoms with Gasteiger partial charge < -0.3 is 0 Å². The van der Waals surface area contributed by atoms with Crippen LogP contribution in [0.2, 0.25) is 0 Å². The van der Waals surface area contributed by atoms with E-state index in [1.165, 1.54) is 0 Å². The normalized spacial score (nSPS) is 14.2. The van der Waals surface area contributed by atoms with E-state index in [1.807, 2.05) is 4.68 Å². The second-order valence-electron chi connectivity index (χ2n) is 8.06. The first-order valence-corrected chi connectivity index (χ1v) is 6.97. The van der Waals surface area contributed by atoms with E-state index in [2.05, 4.69) is 84.0 Å². The first-order valence-electron chi connectivity index (χ1n) is 6.97. The maximum Gasteiger partial charge on any atom is 0.110 e. The molecule has 19 heavy (non-hydrogen) atoms. The number of rotatable bonds is 4. The fourth-order valence-corrected chi connectivity index (χ4v) is 2.46. The number of aromatic nitrogens is 3. The standard InChI is InChI=1S/C15H30N4/c1-13(2,3)11-14(4,5)12-10-19(17-16-12)15(6,7)18(8)9/h10H,11H2,1-9H3. The van der Waals surface area contributed by atoms with E-state index in [-0.39, 0.29) is 16.5 Å². The molecule has 1 aromatic rings. The number of hydrogen-bond acceptors (Lipinski definition) is 3. The van der Waals surface area contributed by atoms with Gasteiger partial charge in [0.25, 0.3) is 0 Å². The van der Waals surface area contributed by atoms with Crippen molar-refractivity contribution in [2.75, 3.05) is 14.1 Å². The molecule has 1 heterocycles. The van der Waals surface area contributed by atoms with Gasteiger partial charge in [0.15, 0.2) is 0 Å². The van der Waals surface area contributed by atoms with Crippen molar-refractivity contribution in [2.24, 2.45) is 5.41 Å². The molecular formula is C15H30N4. The van der Waals surface area contributed by atoms with Crippen LogP contribution in [-0.2, 0) is 11.1 Å². The summed E-state index contributed by atoms with van der Waals surface area (Å²) in [5.74, 6) is 0. The van der Waals surface area contributed by atoms with Gasteiger partial charge in [-0.2, -0.15) is 0 Å². The summed E-state index contributed by atoms with van der Waals surface area (Å²) in [6.07, 6.45) is 3.17. The highest BCUT2D eigenvalue weighted by molar-refractivity contribution is 5.10. The van der Waals surface area contributed by atoms with Crippen LogP contribution in [0.25, 0.3) is 0 Å². The van der Waals surface area contributed by atoms with E-state index >= 15 is 0 Å². The zero-order valence-electron chi connectivity index (χ0n) is 14.1. The fraction of sp³-hybridized carbons (Fsp3) is 0.867. The third-order valence-corrected chi connectivity index (χ3v) is 3.81. The van der Waals surface area contributed by atoms with Crippen molar-refractivity contribution in [3.63, 3.8) is 0 Å². The Balaban J connectivity index is 3.03. The summed E-state index contributed by atoms with van der Waals surface area (Å²) in [6, 6.07) is 0. The Kier molecular flexibility index (Phi) is 4.16. The molecule has 0 aliphatic carbocycles. The topological polar surface area (TPSA) is 34.0 Å². The zero-order chi connectivity index (χ0) is 15.1. The van der Waals surface area contributed by atoms with Gasteiger partial charge in [-0.25, -0.2) is 4.68 Å². The van der Waals surface area contributed by atoms with Crippen molar-refractivity contribution in [3.8, 4) is 0 Å². The van der Waals surface area contributed by atoms with Gasteiger partial charge in [-0.3, -0.25) is 4.90 Å². The molecule has 1 aromatic heterocycles. The fourth-order valence-electron chi connectivity index (χ4n) is 2.46. The molecule has 0 radical (unpaired) electrons. The SMILES string of the molecule is CN(C)C(C)(C)n1cc(C(C)(C)CC(C)(C)C)nn1. The van der Waals surface area contributed by atoms with Crippen molar-refractivity contribution < 1.29 is 0 Å². The van der Waals surface area contributed by atoms with Crippen molar-refractivity contribution in [1.29, 1.82) is 0 Å². The van der Waals surface area contributed by atoms with Crippen molar-refractivity contribution >= 4 is 0 Å². The molecular weight excluding hydrogens is 236 g/mol. The molecule has 0 N–H and O–H groups in total. The van der Waals surface area contributed by atoms with Crippen LogP contribution in [0.15, 0.2) is 6.20 Å². The molecule has 0 aliphatic rings. The summed E-state index contributed by atoms with van der Waals surface area (Å²) < 4.78 is 1.95. The number of nitrogens with zero attached hydrogens (tertiary/aromatic N) is 4. The Morgan fingerprint density at radius 3 is 2.00 bits per heavy atom. The van der Waals surface area contributed by atoms with Gasteiger partial charge in [0.1, 0.15) is 5.66 Å². The van der Waals surface area contributed by atoms with Crippen LogP contribution in [0.5, 0.6) is 0 Å². The summed E-state index contributed by atoms with van der Waals surface area (Å²) in [6.45, 7) is 15.6. The Bertz CT molecular complexity index is 422. The Labute approximate surface area is 118 Å². The molecule has 0 aliphatic heterocycles. The van der Waals surface area contributed by atoms with Crippen LogP contribution < -0.4 is 0 Å². The average Bonchev–Trinajstić information content (AvgIpc) is 2.62. The lowest BCUT2D eigenvalue weighted by Crippen LogP contribution is -2.41. The van der Waals surface area contributed by atoms with E-state index in [9.17, 15) is 0 Å². The molecule has 0 aromatic carbocycles. The van der Waals surface area contributed by atoms with Gasteiger partial charge in [-0.1, -0.05) is 39.8 Å². The second-order valence-corrected chi connectivity index (χ2v) is 8.06. The quantitative estimate of drug-likeness (QED) is 0.839. The maximum atomic E-state index is 4.41. The third-order valence-electron chi connectivity index (χ3n) is 3.81. The molecule has 4 nitrogen and oxygen atoms in total. The van der Waals surface area contributed by atoms with Crippen LogP contribution in [-0.4, -0.2) is 34.0 Å². The summed E-state index contributed by atoms with van der Waals surface area (Å²) >= 11 is 0. The number of hydrogen-bond donors (Lipinski definition) is 0. The largest absolute Gasteiger partial charge is 0.286 e. The Morgan fingerprint density at radius 2 is 1.58 bits per heavy atom. The van der Waals surface area contributed by atoms with Gasteiger partial charge in [0.05, 0.1) is 11.9 Å². The minimum atomic E-state index is -0.164. The molecule has 110 valence electrons. The molecule has 0 saturated carbocycles. The molecule has 0 atom stereocenters. The van der Waals surface area contributed by atoms with Crippen molar-refractivity contribution in [1.82, 2.24) is 19.9 Å². The van der Waals surface area contributed by atoms with Crippen LogP contribution in [0, 0.1) is 5.41 Å². The van der Waals surface area contributed by atoms with Crippen LogP contribution in [0.4, 0.5) is 0 Å². The summed E-state index contributed by atoms with van der Waals surface area (Å²) in [4.78, 5) is 2.14. The first-order chi connectivity index (χ1) is 8.36. The maximum absolute atomic E-state index is 4.41. The van der Waals surface area contributed by atoms with Crippen LogP contribution in [0.1, 0.15) is 60.6 Å². The highest BCUT2D eigenvalue weighted by atomic mass is 15.5. The molecule has 0 spiro atoms.